The van der Waals surface area contributed by atoms with Crippen LogP contribution in [-0.4, -0.2) is 30.0 Å². The van der Waals surface area contributed by atoms with Gasteiger partial charge in [0.25, 0.3) is 16.8 Å². The van der Waals surface area contributed by atoms with Crippen LogP contribution < -0.4 is 10.3 Å². The predicted octanol–water partition coefficient (Wildman–Crippen LogP) is 1.34. The molecule has 0 radical (unpaired) electrons. The molecule has 0 amide bonds. The van der Waals surface area contributed by atoms with Crippen molar-refractivity contribution >= 4 is 34.5 Å². The second-order valence-corrected chi connectivity index (χ2v) is 4.96. The Morgan fingerprint density at radius 2 is 2.10 bits per heavy atom. The maximum Gasteiger partial charge on any atom is 0.341 e. The van der Waals surface area contributed by atoms with E-state index < -0.39 is 28.4 Å². The van der Waals surface area contributed by atoms with Gasteiger partial charge in [-0.05, 0) is 18.2 Å². The predicted molar refractivity (Wildman–Crippen MR) is 76.7 cm³/mol. The molecule has 1 aromatic heterocycles. The summed E-state index contributed by atoms with van der Waals surface area (Å²) < 4.78 is 21.8. The smallest absolute Gasteiger partial charge is 0.341 e. The molecule has 1 aromatic carbocycles. The zero-order valence-electron chi connectivity index (χ0n) is 10.2. The molecule has 1 atom stereocenters. The zero-order valence-corrected chi connectivity index (χ0v) is 11.7. The lowest BCUT2D eigenvalue weighted by Gasteiger charge is -2.07. The van der Waals surface area contributed by atoms with Gasteiger partial charge in [0.15, 0.2) is 0 Å². The Balaban J connectivity index is 2.52. The molecular weight excluding hydrogens is 322 g/mol. The number of carbonyl (C=O) groups is 1. The molecule has 2 aromatic rings. The van der Waals surface area contributed by atoms with E-state index in [4.69, 9.17) is 21.3 Å². The van der Waals surface area contributed by atoms with Gasteiger partial charge in [0.05, 0.1) is 16.4 Å². The number of halogens is 1. The van der Waals surface area contributed by atoms with Gasteiger partial charge in [0.1, 0.15) is 5.56 Å². The van der Waals surface area contributed by atoms with Crippen molar-refractivity contribution in [2.45, 2.75) is 0 Å². The summed E-state index contributed by atoms with van der Waals surface area (Å²) in [6.45, 7) is 0. The number of anilines is 1. The minimum Gasteiger partial charge on any atom is -0.477 e. The molecule has 0 bridgehead atoms. The van der Waals surface area contributed by atoms with E-state index >= 15 is 0 Å². The Bertz CT molecular complexity index is 792. The van der Waals surface area contributed by atoms with Gasteiger partial charge in [-0.25, -0.2) is 14.1 Å². The fourth-order valence-corrected chi connectivity index (χ4v) is 2.15. The number of benzene rings is 1. The summed E-state index contributed by atoms with van der Waals surface area (Å²) in [5.74, 6) is -1.39. The third-order valence-corrected chi connectivity index (χ3v) is 3.22. The lowest BCUT2D eigenvalue weighted by Crippen LogP contribution is -2.18. The van der Waals surface area contributed by atoms with Crippen LogP contribution in [0.2, 0.25) is 5.02 Å². The Labute approximate surface area is 125 Å². The summed E-state index contributed by atoms with van der Waals surface area (Å²) in [5, 5.41) is 14.9. The van der Waals surface area contributed by atoms with Gasteiger partial charge in [0, 0.05) is 5.56 Å². The Morgan fingerprint density at radius 3 is 2.71 bits per heavy atom. The minimum absolute atomic E-state index is 0.167. The number of carboxylic acids is 1. The largest absolute Gasteiger partial charge is 0.477 e. The molecule has 0 aliphatic rings. The molecule has 1 heterocycles. The number of hydrogen-bond acceptors (Lipinski definition) is 4. The first kappa shape index (κ1) is 15.2. The molecule has 4 N–H and O–H groups in total. The summed E-state index contributed by atoms with van der Waals surface area (Å²) in [6.07, 6.45) is 0. The summed E-state index contributed by atoms with van der Waals surface area (Å²) in [4.78, 5) is 22.2. The topological polar surface area (TPSA) is 132 Å². The number of nitrogens with zero attached hydrogens (tertiary/aromatic N) is 1. The molecule has 0 fully saturated rings. The van der Waals surface area contributed by atoms with Crippen molar-refractivity contribution in [2.24, 2.45) is 0 Å². The monoisotopic (exact) mass is 329 g/mol. The molecule has 21 heavy (non-hydrogen) atoms. The van der Waals surface area contributed by atoms with Crippen molar-refractivity contribution in [3.8, 4) is 11.3 Å². The summed E-state index contributed by atoms with van der Waals surface area (Å²) in [7, 11) is 0. The molecule has 8 nitrogen and oxygen atoms in total. The van der Waals surface area contributed by atoms with Gasteiger partial charge in [-0.3, -0.25) is 14.1 Å². The number of aromatic nitrogens is 2. The van der Waals surface area contributed by atoms with Crippen LogP contribution in [0.3, 0.4) is 0 Å². The van der Waals surface area contributed by atoms with Crippen molar-refractivity contribution in [2.75, 3.05) is 4.72 Å². The maximum absolute atomic E-state index is 11.3. The Kier molecular flexibility index (Phi) is 4.36. The Hall–Kier alpha value is -2.23. The average Bonchev–Trinajstić information content (AvgIpc) is 2.41. The number of aromatic amines is 1. The summed E-state index contributed by atoms with van der Waals surface area (Å²) >= 11 is 3.54. The zero-order chi connectivity index (χ0) is 15.6. The summed E-state index contributed by atoms with van der Waals surface area (Å²) in [6, 6.07) is 5.48. The highest BCUT2D eigenvalue weighted by atomic mass is 35.5. The lowest BCUT2D eigenvalue weighted by molar-refractivity contribution is 0.0694. The van der Waals surface area contributed by atoms with Crippen LogP contribution in [0.1, 0.15) is 10.4 Å². The first-order valence-electron chi connectivity index (χ1n) is 5.39. The molecule has 2 rings (SSSR count). The van der Waals surface area contributed by atoms with Gasteiger partial charge in [0.2, 0.25) is 0 Å². The number of H-pyrrole nitrogens is 1. The fourth-order valence-electron chi connectivity index (χ4n) is 1.57. The normalized spacial score (nSPS) is 11.9. The second kappa shape index (κ2) is 6.04. The van der Waals surface area contributed by atoms with E-state index in [2.05, 4.69) is 14.9 Å². The van der Waals surface area contributed by atoms with E-state index in [0.29, 0.717) is 5.56 Å². The van der Waals surface area contributed by atoms with Crippen LogP contribution in [-0.2, 0) is 11.3 Å². The molecule has 0 saturated carbocycles. The highest BCUT2D eigenvalue weighted by molar-refractivity contribution is 7.80. The first-order valence-corrected chi connectivity index (χ1v) is 6.87. The van der Waals surface area contributed by atoms with E-state index in [1.165, 1.54) is 18.2 Å². The van der Waals surface area contributed by atoms with Gasteiger partial charge < -0.3 is 5.11 Å². The molecule has 0 aliphatic carbocycles. The summed E-state index contributed by atoms with van der Waals surface area (Å²) in [5.41, 5.74) is -0.536. The molecule has 0 aliphatic heterocycles. The highest BCUT2D eigenvalue weighted by Gasteiger charge is 2.13. The number of carboxylic acid groups (broad SMARTS) is 1. The number of aromatic carboxylic acids is 1. The quantitative estimate of drug-likeness (QED) is 0.626. The van der Waals surface area contributed by atoms with Gasteiger partial charge in [-0.15, -0.1) is 0 Å². The van der Waals surface area contributed by atoms with Gasteiger partial charge in [-0.1, -0.05) is 17.7 Å². The SMILES string of the molecule is O=C(O)c1cc(-c2ccc(Cl)c(NS(=O)O)c2)n[nH]c1=O. The van der Waals surface area contributed by atoms with Crippen LogP contribution in [0.5, 0.6) is 0 Å². The van der Waals surface area contributed by atoms with Crippen molar-refractivity contribution in [1.82, 2.24) is 10.2 Å². The van der Waals surface area contributed by atoms with Crippen LogP contribution >= 0.6 is 11.6 Å². The van der Waals surface area contributed by atoms with E-state index in [9.17, 15) is 13.8 Å². The molecule has 1 unspecified atom stereocenters. The van der Waals surface area contributed by atoms with E-state index in [-0.39, 0.29) is 16.4 Å². The van der Waals surface area contributed by atoms with Crippen molar-refractivity contribution in [1.29, 1.82) is 0 Å². The van der Waals surface area contributed by atoms with E-state index in [0.717, 1.165) is 6.07 Å². The van der Waals surface area contributed by atoms with Crippen molar-refractivity contribution < 1.29 is 18.7 Å². The molecule has 0 spiro atoms. The van der Waals surface area contributed by atoms with Gasteiger partial charge in [-0.2, -0.15) is 5.10 Å². The average molecular weight is 330 g/mol. The molecule has 10 heteroatoms. The molecular formula is C11H8ClN3O5S. The van der Waals surface area contributed by atoms with Crippen molar-refractivity contribution in [3.05, 3.63) is 45.2 Å². The number of nitrogens with one attached hydrogen (secondary N) is 2. The standard InChI is InChI=1S/C11H8ClN3O5S/c12-7-2-1-5(3-9(7)15-21(19)20)8-4-6(11(17)18)10(16)14-13-8/h1-4,15H,(H,14,16)(H,17,18)(H,19,20). The third-order valence-electron chi connectivity index (χ3n) is 2.49. The van der Waals surface area contributed by atoms with Gasteiger partial charge >= 0.3 is 5.97 Å². The number of hydrogen-bond donors (Lipinski definition) is 4. The fraction of sp³-hybridized carbons (Fsp3) is 0. The lowest BCUT2D eigenvalue weighted by atomic mass is 10.1. The second-order valence-electron chi connectivity index (χ2n) is 3.85. The minimum atomic E-state index is -2.31. The Morgan fingerprint density at radius 1 is 1.38 bits per heavy atom. The third kappa shape index (κ3) is 3.45. The maximum atomic E-state index is 11.3. The van der Waals surface area contributed by atoms with Crippen LogP contribution in [0.15, 0.2) is 29.1 Å². The van der Waals surface area contributed by atoms with Crippen LogP contribution in [0, 0.1) is 0 Å². The van der Waals surface area contributed by atoms with Crippen molar-refractivity contribution in [3.63, 3.8) is 0 Å². The van der Waals surface area contributed by atoms with Crippen LogP contribution in [0.4, 0.5) is 5.69 Å². The van der Waals surface area contributed by atoms with E-state index in [1.807, 2.05) is 0 Å². The van der Waals surface area contributed by atoms with E-state index in [1.54, 1.807) is 0 Å². The molecule has 0 saturated heterocycles. The molecule has 110 valence electrons. The number of rotatable bonds is 4. The first-order chi connectivity index (χ1) is 9.88. The van der Waals surface area contributed by atoms with Crippen LogP contribution in [0.25, 0.3) is 11.3 Å². The highest BCUT2D eigenvalue weighted by Crippen LogP contribution is 2.28.